The molecule has 0 saturated carbocycles. The summed E-state index contributed by atoms with van der Waals surface area (Å²) in [7, 11) is 2.71. The first-order chi connectivity index (χ1) is 15.3. The number of benzene rings is 2. The Labute approximate surface area is 187 Å². The fraction of sp³-hybridized carbons (Fsp3) is 0.217. The van der Waals surface area contributed by atoms with Crippen LogP contribution >= 0.6 is 0 Å². The Hall–Kier alpha value is -3.43. The van der Waals surface area contributed by atoms with Crippen molar-refractivity contribution in [3.8, 4) is 34.0 Å². The standard InChI is InChI=1S/C23H24N4O4S/c1-15-23(16-6-9-18(10-7-16)32(28,29)26(2)3)27-22(24-15)13-11-19(25-27)17-8-12-20(30-4)21(14-17)31-5/h6-14H,1-5H3. The summed E-state index contributed by atoms with van der Waals surface area (Å²) < 4.78 is 38.5. The average Bonchev–Trinajstić information content (AvgIpc) is 3.13. The van der Waals surface area contributed by atoms with Gasteiger partial charge in [-0.05, 0) is 49.4 Å². The van der Waals surface area contributed by atoms with Crippen LogP contribution in [0.4, 0.5) is 0 Å². The van der Waals surface area contributed by atoms with E-state index in [1.54, 1.807) is 43.0 Å². The van der Waals surface area contributed by atoms with Crippen molar-refractivity contribution in [2.24, 2.45) is 0 Å². The van der Waals surface area contributed by atoms with Crippen molar-refractivity contribution in [3.05, 3.63) is 60.3 Å². The molecule has 2 heterocycles. The monoisotopic (exact) mass is 452 g/mol. The third-order valence-corrected chi connectivity index (χ3v) is 7.07. The van der Waals surface area contributed by atoms with Gasteiger partial charge in [0.1, 0.15) is 0 Å². The van der Waals surface area contributed by atoms with E-state index in [-0.39, 0.29) is 4.90 Å². The fourth-order valence-corrected chi connectivity index (χ4v) is 4.42. The average molecular weight is 453 g/mol. The molecule has 0 aliphatic heterocycles. The van der Waals surface area contributed by atoms with Gasteiger partial charge in [-0.1, -0.05) is 12.1 Å². The van der Waals surface area contributed by atoms with Crippen molar-refractivity contribution < 1.29 is 17.9 Å². The van der Waals surface area contributed by atoms with Crippen LogP contribution in [-0.4, -0.2) is 55.6 Å². The Kier molecular flexibility index (Phi) is 5.62. The zero-order chi connectivity index (χ0) is 23.0. The normalized spacial score (nSPS) is 11.8. The summed E-state index contributed by atoms with van der Waals surface area (Å²) in [5, 5.41) is 4.80. The maximum Gasteiger partial charge on any atom is 0.242 e. The molecule has 0 bridgehead atoms. The quantitative estimate of drug-likeness (QED) is 0.444. The zero-order valence-corrected chi connectivity index (χ0v) is 19.3. The second-order valence-corrected chi connectivity index (χ2v) is 9.57. The van der Waals surface area contributed by atoms with Crippen molar-refractivity contribution in [2.75, 3.05) is 28.3 Å². The molecule has 0 unspecified atom stereocenters. The Bertz CT molecular complexity index is 1390. The molecule has 0 aliphatic carbocycles. The molecule has 32 heavy (non-hydrogen) atoms. The summed E-state index contributed by atoms with van der Waals surface area (Å²) in [5.41, 5.74) is 4.73. The number of sulfonamides is 1. The van der Waals surface area contributed by atoms with Crippen LogP contribution in [0.25, 0.3) is 28.2 Å². The lowest BCUT2D eigenvalue weighted by atomic mass is 10.1. The van der Waals surface area contributed by atoms with Crippen LogP contribution in [-0.2, 0) is 10.0 Å². The minimum Gasteiger partial charge on any atom is -0.493 e. The number of rotatable bonds is 6. The van der Waals surface area contributed by atoms with Crippen molar-refractivity contribution >= 4 is 15.7 Å². The number of ether oxygens (including phenoxy) is 2. The number of hydrogen-bond acceptors (Lipinski definition) is 6. The molecule has 0 spiro atoms. The first-order valence-corrected chi connectivity index (χ1v) is 11.3. The maximum absolute atomic E-state index is 12.4. The van der Waals surface area contributed by atoms with E-state index >= 15 is 0 Å². The van der Waals surface area contributed by atoms with Crippen LogP contribution in [0.2, 0.25) is 0 Å². The molecule has 0 atom stereocenters. The van der Waals surface area contributed by atoms with Gasteiger partial charge in [0.25, 0.3) is 0 Å². The third kappa shape index (κ3) is 3.69. The third-order valence-electron chi connectivity index (χ3n) is 5.24. The Morgan fingerprint density at radius 3 is 2.16 bits per heavy atom. The molecule has 4 rings (SSSR count). The van der Waals surface area contributed by atoms with E-state index in [4.69, 9.17) is 14.6 Å². The van der Waals surface area contributed by atoms with Gasteiger partial charge in [-0.25, -0.2) is 22.2 Å². The summed E-state index contributed by atoms with van der Waals surface area (Å²) in [6, 6.07) is 16.2. The summed E-state index contributed by atoms with van der Waals surface area (Å²) in [6.45, 7) is 1.91. The van der Waals surface area contributed by atoms with Crippen LogP contribution < -0.4 is 9.47 Å². The largest absolute Gasteiger partial charge is 0.493 e. The molecule has 2 aromatic carbocycles. The highest BCUT2D eigenvalue weighted by Gasteiger charge is 2.19. The highest BCUT2D eigenvalue weighted by atomic mass is 32.2. The van der Waals surface area contributed by atoms with E-state index in [1.165, 1.54) is 18.4 Å². The second kappa shape index (κ2) is 8.25. The van der Waals surface area contributed by atoms with Crippen molar-refractivity contribution in [2.45, 2.75) is 11.8 Å². The van der Waals surface area contributed by atoms with Crippen molar-refractivity contribution in [3.63, 3.8) is 0 Å². The molecule has 4 aromatic rings. The van der Waals surface area contributed by atoms with E-state index in [2.05, 4.69) is 4.98 Å². The predicted octanol–water partition coefficient (Wildman–Crippen LogP) is 3.64. The van der Waals surface area contributed by atoms with E-state index in [1.807, 2.05) is 37.3 Å². The van der Waals surface area contributed by atoms with Crippen molar-refractivity contribution in [1.29, 1.82) is 0 Å². The molecule has 0 amide bonds. The fourth-order valence-electron chi connectivity index (χ4n) is 3.52. The van der Waals surface area contributed by atoms with Gasteiger partial charge >= 0.3 is 0 Å². The zero-order valence-electron chi connectivity index (χ0n) is 18.5. The Morgan fingerprint density at radius 2 is 1.53 bits per heavy atom. The maximum atomic E-state index is 12.4. The first kappa shape index (κ1) is 21.8. The molecule has 0 radical (unpaired) electrons. The SMILES string of the molecule is COc1ccc(-c2ccc3nc(C)c(-c4ccc(S(=O)(=O)N(C)C)cc4)n3n2)cc1OC. The van der Waals surface area contributed by atoms with Gasteiger partial charge in [0, 0.05) is 25.2 Å². The summed E-state index contributed by atoms with van der Waals surface area (Å²) in [6.07, 6.45) is 0. The lowest BCUT2D eigenvalue weighted by Crippen LogP contribution is -2.22. The number of fused-ring (bicyclic) bond motifs is 1. The molecular formula is C23H24N4O4S. The molecule has 0 N–H and O–H groups in total. The van der Waals surface area contributed by atoms with Gasteiger partial charge in [0.2, 0.25) is 10.0 Å². The van der Waals surface area contributed by atoms with Crippen LogP contribution in [0.15, 0.2) is 59.5 Å². The molecular weight excluding hydrogens is 428 g/mol. The predicted molar refractivity (Wildman–Crippen MR) is 123 cm³/mol. The van der Waals surface area contributed by atoms with Crippen LogP contribution in [0.3, 0.4) is 0 Å². The number of methoxy groups -OCH3 is 2. The highest BCUT2D eigenvalue weighted by molar-refractivity contribution is 7.89. The molecule has 0 fully saturated rings. The Morgan fingerprint density at radius 1 is 0.875 bits per heavy atom. The second-order valence-electron chi connectivity index (χ2n) is 7.42. The van der Waals surface area contributed by atoms with Gasteiger partial charge in [-0.2, -0.15) is 5.10 Å². The van der Waals surface area contributed by atoms with Gasteiger partial charge in [0.05, 0.1) is 36.2 Å². The number of aryl methyl sites for hydroxylation is 1. The van der Waals surface area contributed by atoms with E-state index in [0.29, 0.717) is 17.1 Å². The van der Waals surface area contributed by atoms with Crippen LogP contribution in [0.5, 0.6) is 11.5 Å². The number of aromatic nitrogens is 3. The van der Waals surface area contributed by atoms with Gasteiger partial charge < -0.3 is 9.47 Å². The van der Waals surface area contributed by atoms with Gasteiger partial charge in [-0.15, -0.1) is 0 Å². The van der Waals surface area contributed by atoms with Gasteiger partial charge in [-0.3, -0.25) is 0 Å². The van der Waals surface area contributed by atoms with E-state index < -0.39 is 10.0 Å². The van der Waals surface area contributed by atoms with Crippen LogP contribution in [0.1, 0.15) is 5.69 Å². The van der Waals surface area contributed by atoms with Gasteiger partial charge in [0.15, 0.2) is 17.1 Å². The molecule has 8 nitrogen and oxygen atoms in total. The van der Waals surface area contributed by atoms with E-state index in [0.717, 1.165) is 28.2 Å². The lowest BCUT2D eigenvalue weighted by molar-refractivity contribution is 0.355. The molecule has 9 heteroatoms. The number of hydrogen-bond donors (Lipinski definition) is 0. The topological polar surface area (TPSA) is 86.0 Å². The highest BCUT2D eigenvalue weighted by Crippen LogP contribution is 2.32. The minimum absolute atomic E-state index is 0.233. The molecule has 166 valence electrons. The first-order valence-electron chi connectivity index (χ1n) is 9.88. The molecule has 2 aromatic heterocycles. The summed E-state index contributed by atoms with van der Waals surface area (Å²) >= 11 is 0. The number of imidazole rings is 1. The lowest BCUT2D eigenvalue weighted by Gasteiger charge is -2.12. The van der Waals surface area contributed by atoms with Crippen molar-refractivity contribution in [1.82, 2.24) is 18.9 Å². The number of nitrogens with zero attached hydrogens (tertiary/aromatic N) is 4. The van der Waals surface area contributed by atoms with E-state index in [9.17, 15) is 8.42 Å². The summed E-state index contributed by atoms with van der Waals surface area (Å²) in [4.78, 5) is 4.85. The summed E-state index contributed by atoms with van der Waals surface area (Å²) in [5.74, 6) is 1.26. The minimum atomic E-state index is -3.50. The Balaban J connectivity index is 1.81. The smallest absolute Gasteiger partial charge is 0.242 e. The molecule has 0 aliphatic rings. The molecule has 0 saturated heterocycles. The van der Waals surface area contributed by atoms with Crippen LogP contribution in [0, 0.1) is 6.92 Å².